The second kappa shape index (κ2) is 2.49. The number of hydrogen-bond donors (Lipinski definition) is 1. The Balaban J connectivity index is 1.86. The average molecular weight is 204 g/mol. The van der Waals surface area contributed by atoms with Crippen LogP contribution in [0.1, 0.15) is 19.3 Å². The summed E-state index contributed by atoms with van der Waals surface area (Å²) in [4.78, 5) is 0. The van der Waals surface area contributed by atoms with Crippen molar-refractivity contribution in [3.63, 3.8) is 0 Å². The van der Waals surface area contributed by atoms with Crippen LogP contribution in [0.4, 0.5) is 0 Å². The third kappa shape index (κ3) is 1.02. The summed E-state index contributed by atoms with van der Waals surface area (Å²) >= 11 is 3.54. The van der Waals surface area contributed by atoms with Gasteiger partial charge in [0.25, 0.3) is 0 Å². The van der Waals surface area contributed by atoms with Gasteiger partial charge in [0.1, 0.15) is 0 Å². The fourth-order valence-electron chi connectivity index (χ4n) is 2.42. The topological polar surface area (TPSA) is 12.0 Å². The summed E-state index contributed by atoms with van der Waals surface area (Å²) in [6.45, 7) is 2.55. The van der Waals surface area contributed by atoms with Crippen molar-refractivity contribution in [2.75, 3.05) is 18.4 Å². The van der Waals surface area contributed by atoms with Crippen molar-refractivity contribution in [3.05, 3.63) is 0 Å². The highest BCUT2D eigenvalue weighted by molar-refractivity contribution is 9.09. The molecule has 0 radical (unpaired) electrons. The monoisotopic (exact) mass is 203 g/mol. The molecule has 0 aromatic carbocycles. The summed E-state index contributed by atoms with van der Waals surface area (Å²) in [7, 11) is 0. The van der Waals surface area contributed by atoms with E-state index in [-0.39, 0.29) is 0 Å². The Labute approximate surface area is 70.7 Å². The van der Waals surface area contributed by atoms with E-state index >= 15 is 0 Å². The number of rotatable bonds is 1. The Morgan fingerprint density at radius 3 is 2.80 bits per heavy atom. The molecule has 0 unspecified atom stereocenters. The fraction of sp³-hybridized carbons (Fsp3) is 1.00. The highest BCUT2D eigenvalue weighted by Gasteiger charge is 2.44. The predicted molar refractivity (Wildman–Crippen MR) is 46.4 cm³/mol. The number of nitrogens with one attached hydrogen (secondary N) is 1. The lowest BCUT2D eigenvalue weighted by Crippen LogP contribution is -2.39. The zero-order valence-electron chi connectivity index (χ0n) is 6.20. The summed E-state index contributed by atoms with van der Waals surface area (Å²) in [5, 5.41) is 4.66. The Bertz CT molecular complexity index is 121. The van der Waals surface area contributed by atoms with Crippen molar-refractivity contribution in [1.82, 2.24) is 5.32 Å². The van der Waals surface area contributed by atoms with Crippen molar-refractivity contribution in [2.45, 2.75) is 19.3 Å². The molecule has 58 valence electrons. The summed E-state index contributed by atoms with van der Waals surface area (Å²) in [6, 6.07) is 0. The van der Waals surface area contributed by atoms with Crippen LogP contribution in [0.3, 0.4) is 0 Å². The van der Waals surface area contributed by atoms with Crippen molar-refractivity contribution in [3.8, 4) is 0 Å². The maximum atomic E-state index is 3.54. The molecular formula is C8H14BrN. The minimum atomic E-state index is 0.748. The first kappa shape index (κ1) is 7.11. The molecule has 1 aliphatic carbocycles. The molecular weight excluding hydrogens is 190 g/mol. The molecule has 2 aliphatic rings. The van der Waals surface area contributed by atoms with Gasteiger partial charge in [-0.2, -0.15) is 0 Å². The molecule has 1 N–H and O–H groups in total. The van der Waals surface area contributed by atoms with Gasteiger partial charge in [0.05, 0.1) is 0 Å². The minimum Gasteiger partial charge on any atom is -0.316 e. The van der Waals surface area contributed by atoms with E-state index < -0.39 is 0 Å². The molecule has 1 saturated carbocycles. The summed E-state index contributed by atoms with van der Waals surface area (Å²) in [6.07, 6.45) is 4.35. The van der Waals surface area contributed by atoms with Gasteiger partial charge >= 0.3 is 0 Å². The molecule has 2 heteroatoms. The summed E-state index contributed by atoms with van der Waals surface area (Å²) in [5.74, 6) is 0.986. The van der Waals surface area contributed by atoms with Gasteiger partial charge in [-0.25, -0.2) is 0 Å². The fourth-order valence-corrected chi connectivity index (χ4v) is 2.88. The summed E-state index contributed by atoms with van der Waals surface area (Å²) < 4.78 is 0. The van der Waals surface area contributed by atoms with Gasteiger partial charge in [0, 0.05) is 11.9 Å². The van der Waals surface area contributed by atoms with Gasteiger partial charge in [-0.05, 0) is 37.1 Å². The van der Waals surface area contributed by atoms with Gasteiger partial charge in [0.15, 0.2) is 0 Å². The molecule has 0 aromatic heterocycles. The van der Waals surface area contributed by atoms with Crippen LogP contribution in [0.5, 0.6) is 0 Å². The van der Waals surface area contributed by atoms with E-state index in [1.807, 2.05) is 0 Å². The first-order valence-electron chi connectivity index (χ1n) is 4.11. The van der Waals surface area contributed by atoms with Crippen LogP contribution < -0.4 is 5.32 Å². The smallest absolute Gasteiger partial charge is 0.00601 e. The van der Waals surface area contributed by atoms with Gasteiger partial charge in [0.2, 0.25) is 0 Å². The van der Waals surface area contributed by atoms with Crippen LogP contribution in [0.15, 0.2) is 0 Å². The maximum Gasteiger partial charge on any atom is 0.00601 e. The van der Waals surface area contributed by atoms with E-state index in [2.05, 4.69) is 21.2 Å². The molecule has 0 bridgehead atoms. The molecule has 0 aromatic rings. The van der Waals surface area contributed by atoms with Crippen LogP contribution in [0.25, 0.3) is 0 Å². The molecule has 1 saturated heterocycles. The van der Waals surface area contributed by atoms with E-state index in [9.17, 15) is 0 Å². The second-order valence-corrected chi connectivity index (χ2v) is 4.50. The van der Waals surface area contributed by atoms with Crippen molar-refractivity contribution in [2.24, 2.45) is 11.3 Å². The van der Waals surface area contributed by atoms with Gasteiger partial charge in [-0.3, -0.25) is 0 Å². The average Bonchev–Trinajstić information content (AvgIpc) is 2.30. The second-order valence-electron chi connectivity index (χ2n) is 3.86. The minimum absolute atomic E-state index is 0.748. The molecule has 2 rings (SSSR count). The number of alkyl halides is 1. The highest BCUT2D eigenvalue weighted by Crippen LogP contribution is 2.49. The first-order valence-corrected chi connectivity index (χ1v) is 5.23. The van der Waals surface area contributed by atoms with Crippen LogP contribution >= 0.6 is 15.9 Å². The van der Waals surface area contributed by atoms with Gasteiger partial charge < -0.3 is 5.32 Å². The Morgan fingerprint density at radius 2 is 2.30 bits per heavy atom. The zero-order chi connectivity index (χ0) is 7.03. The van der Waals surface area contributed by atoms with Gasteiger partial charge in [-0.15, -0.1) is 0 Å². The quantitative estimate of drug-likeness (QED) is 0.642. The van der Waals surface area contributed by atoms with Crippen molar-refractivity contribution in [1.29, 1.82) is 0 Å². The number of hydrogen-bond acceptors (Lipinski definition) is 1. The predicted octanol–water partition coefficient (Wildman–Crippen LogP) is 1.77. The van der Waals surface area contributed by atoms with Gasteiger partial charge in [-0.1, -0.05) is 15.9 Å². The standard InChI is InChI=1S/C8H14BrN/c9-5-7-3-8(4-7)1-2-10-6-8/h7,10H,1-6H2. The molecule has 10 heavy (non-hydrogen) atoms. The first-order chi connectivity index (χ1) is 4.85. The molecule has 0 atom stereocenters. The van der Waals surface area contributed by atoms with E-state index in [1.54, 1.807) is 0 Å². The molecule has 1 heterocycles. The largest absolute Gasteiger partial charge is 0.316 e. The normalized spacial score (nSPS) is 45.9. The van der Waals surface area contributed by atoms with Crippen LogP contribution in [-0.2, 0) is 0 Å². The lowest BCUT2D eigenvalue weighted by molar-refractivity contribution is 0.0936. The Kier molecular flexibility index (Phi) is 1.77. The maximum absolute atomic E-state index is 3.54. The van der Waals surface area contributed by atoms with Crippen molar-refractivity contribution >= 4 is 15.9 Å². The zero-order valence-corrected chi connectivity index (χ0v) is 7.78. The lowest BCUT2D eigenvalue weighted by atomic mass is 9.62. The molecule has 1 spiro atoms. The SMILES string of the molecule is BrCC1CC2(CCNC2)C1. The lowest BCUT2D eigenvalue weighted by Gasteiger charge is -2.44. The van der Waals surface area contributed by atoms with Crippen LogP contribution in [-0.4, -0.2) is 18.4 Å². The highest BCUT2D eigenvalue weighted by atomic mass is 79.9. The molecule has 2 fully saturated rings. The van der Waals surface area contributed by atoms with Crippen molar-refractivity contribution < 1.29 is 0 Å². The third-order valence-electron chi connectivity index (χ3n) is 2.99. The summed E-state index contributed by atoms with van der Waals surface area (Å²) in [5.41, 5.74) is 0.748. The third-order valence-corrected chi connectivity index (χ3v) is 3.91. The molecule has 1 nitrogen and oxygen atoms in total. The number of halogens is 1. The van der Waals surface area contributed by atoms with E-state index in [1.165, 1.54) is 37.7 Å². The molecule has 1 aliphatic heterocycles. The van der Waals surface area contributed by atoms with Crippen LogP contribution in [0.2, 0.25) is 0 Å². The van der Waals surface area contributed by atoms with E-state index in [0.29, 0.717) is 0 Å². The Morgan fingerprint density at radius 1 is 1.50 bits per heavy atom. The Hall–Kier alpha value is 0.440. The molecule has 0 amide bonds. The van der Waals surface area contributed by atoms with E-state index in [0.717, 1.165) is 11.3 Å². The van der Waals surface area contributed by atoms with Crippen LogP contribution in [0, 0.1) is 11.3 Å². The van der Waals surface area contributed by atoms with E-state index in [4.69, 9.17) is 0 Å².